The molecule has 0 spiro atoms. The number of carbonyl (C=O) groups excluding carboxylic acids is 1. The molecule has 1 saturated carbocycles. The summed E-state index contributed by atoms with van der Waals surface area (Å²) < 4.78 is 15.4. The molecule has 30 heavy (non-hydrogen) atoms. The number of benzene rings is 2. The van der Waals surface area contributed by atoms with Crippen molar-refractivity contribution in [3.8, 4) is 0 Å². The Morgan fingerprint density at radius 3 is 2.67 bits per heavy atom. The molecule has 158 valence electrons. The minimum Gasteiger partial charge on any atom is -0.353 e. The van der Waals surface area contributed by atoms with Gasteiger partial charge in [0.1, 0.15) is 5.82 Å². The van der Waals surface area contributed by atoms with E-state index < -0.39 is 0 Å². The van der Waals surface area contributed by atoms with E-state index in [1.165, 1.54) is 35.9 Å². The monoisotopic (exact) mass is 406 g/mol. The molecule has 1 aromatic heterocycles. The predicted octanol–water partition coefficient (Wildman–Crippen LogP) is 5.70. The smallest absolute Gasteiger partial charge is 0.220 e. The first-order valence-corrected chi connectivity index (χ1v) is 11.1. The van der Waals surface area contributed by atoms with Crippen molar-refractivity contribution in [1.82, 2.24) is 9.88 Å². The summed E-state index contributed by atoms with van der Waals surface area (Å²) in [5, 5.41) is 4.48. The fourth-order valence-electron chi connectivity index (χ4n) is 4.75. The molecular formula is C26H31FN2O. The van der Waals surface area contributed by atoms with Gasteiger partial charge in [-0.05, 0) is 54.0 Å². The van der Waals surface area contributed by atoms with Gasteiger partial charge in [0, 0.05) is 36.1 Å². The summed E-state index contributed by atoms with van der Waals surface area (Å²) in [4.78, 5) is 12.6. The van der Waals surface area contributed by atoms with Gasteiger partial charge in [-0.2, -0.15) is 0 Å². The van der Waals surface area contributed by atoms with Crippen LogP contribution in [0.2, 0.25) is 0 Å². The molecule has 1 aliphatic carbocycles. The van der Waals surface area contributed by atoms with Crippen molar-refractivity contribution in [2.45, 2.75) is 58.5 Å². The first-order valence-electron chi connectivity index (χ1n) is 11.1. The van der Waals surface area contributed by atoms with E-state index in [4.69, 9.17) is 0 Å². The Hall–Kier alpha value is -2.62. The molecule has 3 aromatic rings. The molecule has 0 aliphatic heterocycles. The van der Waals surface area contributed by atoms with E-state index in [0.29, 0.717) is 30.8 Å². The highest BCUT2D eigenvalue weighted by Crippen LogP contribution is 2.29. The van der Waals surface area contributed by atoms with E-state index in [-0.39, 0.29) is 11.7 Å². The zero-order valence-corrected chi connectivity index (χ0v) is 17.9. The van der Waals surface area contributed by atoms with Crippen molar-refractivity contribution in [3.63, 3.8) is 0 Å². The lowest BCUT2D eigenvalue weighted by atomic mass is 9.78. The van der Waals surface area contributed by atoms with Gasteiger partial charge >= 0.3 is 0 Å². The number of aryl methyl sites for hydroxylation is 1. The maximum atomic E-state index is 13.2. The Bertz CT molecular complexity index is 1010. The maximum absolute atomic E-state index is 13.2. The fourth-order valence-corrected chi connectivity index (χ4v) is 4.75. The zero-order valence-electron chi connectivity index (χ0n) is 17.9. The van der Waals surface area contributed by atoms with Gasteiger partial charge < -0.3 is 9.88 Å². The molecule has 0 unspecified atom stereocenters. The summed E-state index contributed by atoms with van der Waals surface area (Å²) in [5.74, 6) is 1.15. The van der Waals surface area contributed by atoms with Gasteiger partial charge in [0.05, 0.1) is 0 Å². The van der Waals surface area contributed by atoms with Crippen molar-refractivity contribution in [2.75, 3.05) is 0 Å². The Morgan fingerprint density at radius 1 is 1.10 bits per heavy atom. The fraction of sp³-hybridized carbons (Fsp3) is 0.423. The normalized spacial score (nSPS) is 21.6. The SMILES string of the molecule is C[C@@H]1[C@H](C)CCC[C@@H]1NC(=O)CCc1cn(Cc2ccc(F)cc2)c2ccccc12. The lowest BCUT2D eigenvalue weighted by Crippen LogP contribution is -2.43. The second-order valence-electron chi connectivity index (χ2n) is 8.87. The second kappa shape index (κ2) is 9.03. The number of aromatic nitrogens is 1. The first kappa shape index (κ1) is 20.6. The highest BCUT2D eigenvalue weighted by molar-refractivity contribution is 5.85. The van der Waals surface area contributed by atoms with Crippen LogP contribution in [0.4, 0.5) is 4.39 Å². The van der Waals surface area contributed by atoms with E-state index in [0.717, 1.165) is 23.9 Å². The van der Waals surface area contributed by atoms with Crippen LogP contribution < -0.4 is 5.32 Å². The number of hydrogen-bond donors (Lipinski definition) is 1. The van der Waals surface area contributed by atoms with E-state index in [9.17, 15) is 9.18 Å². The van der Waals surface area contributed by atoms with Gasteiger partial charge in [-0.1, -0.05) is 57.0 Å². The predicted molar refractivity (Wildman–Crippen MR) is 120 cm³/mol. The number of rotatable bonds is 6. The topological polar surface area (TPSA) is 34.0 Å². The summed E-state index contributed by atoms with van der Waals surface area (Å²) in [5.41, 5.74) is 3.39. The number of para-hydroxylation sites is 1. The summed E-state index contributed by atoms with van der Waals surface area (Å²) in [6.45, 7) is 5.24. The van der Waals surface area contributed by atoms with Gasteiger partial charge in [0.15, 0.2) is 0 Å². The van der Waals surface area contributed by atoms with Crippen LogP contribution in [0.3, 0.4) is 0 Å². The highest BCUT2D eigenvalue weighted by atomic mass is 19.1. The Kier molecular flexibility index (Phi) is 6.21. The molecule has 3 nitrogen and oxygen atoms in total. The third-order valence-electron chi connectivity index (χ3n) is 6.81. The highest BCUT2D eigenvalue weighted by Gasteiger charge is 2.28. The summed E-state index contributed by atoms with van der Waals surface area (Å²) >= 11 is 0. The van der Waals surface area contributed by atoms with E-state index in [1.807, 2.05) is 24.3 Å². The van der Waals surface area contributed by atoms with Crippen molar-refractivity contribution in [2.24, 2.45) is 11.8 Å². The lowest BCUT2D eigenvalue weighted by molar-refractivity contribution is -0.122. The van der Waals surface area contributed by atoms with Crippen molar-refractivity contribution in [3.05, 3.63) is 71.7 Å². The number of nitrogens with zero attached hydrogens (tertiary/aromatic N) is 1. The molecule has 4 heteroatoms. The Morgan fingerprint density at radius 2 is 1.87 bits per heavy atom. The van der Waals surface area contributed by atoms with Gasteiger partial charge in [-0.3, -0.25) is 4.79 Å². The summed E-state index contributed by atoms with van der Waals surface area (Å²) in [6.07, 6.45) is 6.93. The number of carbonyl (C=O) groups is 1. The van der Waals surface area contributed by atoms with Crippen LogP contribution in [-0.4, -0.2) is 16.5 Å². The molecule has 3 atom stereocenters. The van der Waals surface area contributed by atoms with Crippen LogP contribution in [-0.2, 0) is 17.8 Å². The maximum Gasteiger partial charge on any atom is 0.220 e. The van der Waals surface area contributed by atoms with Crippen LogP contribution in [0.25, 0.3) is 10.9 Å². The number of amides is 1. The minimum atomic E-state index is -0.218. The molecule has 0 saturated heterocycles. The van der Waals surface area contributed by atoms with Gasteiger partial charge in [-0.15, -0.1) is 0 Å². The molecule has 1 aliphatic rings. The number of halogens is 1. The molecule has 4 rings (SSSR count). The van der Waals surface area contributed by atoms with Crippen LogP contribution in [0.5, 0.6) is 0 Å². The molecule has 1 amide bonds. The van der Waals surface area contributed by atoms with Crippen molar-refractivity contribution >= 4 is 16.8 Å². The van der Waals surface area contributed by atoms with Crippen LogP contribution >= 0.6 is 0 Å². The van der Waals surface area contributed by atoms with Crippen LogP contribution in [0.1, 0.15) is 50.7 Å². The largest absolute Gasteiger partial charge is 0.353 e. The molecule has 0 bridgehead atoms. The zero-order chi connectivity index (χ0) is 21.1. The third kappa shape index (κ3) is 4.58. The van der Waals surface area contributed by atoms with Crippen LogP contribution in [0.15, 0.2) is 54.7 Å². The second-order valence-corrected chi connectivity index (χ2v) is 8.87. The molecule has 2 aromatic carbocycles. The summed E-state index contributed by atoms with van der Waals surface area (Å²) in [7, 11) is 0. The molecular weight excluding hydrogens is 375 g/mol. The quantitative estimate of drug-likeness (QED) is 0.560. The minimum absolute atomic E-state index is 0.149. The van der Waals surface area contributed by atoms with Crippen molar-refractivity contribution < 1.29 is 9.18 Å². The Balaban J connectivity index is 1.45. The van der Waals surface area contributed by atoms with Gasteiger partial charge in [-0.25, -0.2) is 4.39 Å². The lowest BCUT2D eigenvalue weighted by Gasteiger charge is -2.34. The molecule has 0 radical (unpaired) electrons. The standard InChI is InChI=1S/C26H31FN2O/c1-18-6-5-8-24(19(18)2)28-26(30)15-12-21-17-29(25-9-4-3-7-23(21)25)16-20-10-13-22(27)14-11-20/h3-4,7,9-11,13-14,17-19,24H,5-6,8,12,15-16H2,1-2H3,(H,28,30)/t18-,19-,24+/m1/s1. The average molecular weight is 407 g/mol. The van der Waals surface area contributed by atoms with Gasteiger partial charge in [0.25, 0.3) is 0 Å². The number of nitrogens with one attached hydrogen (secondary N) is 1. The van der Waals surface area contributed by atoms with E-state index in [2.05, 4.69) is 42.1 Å². The van der Waals surface area contributed by atoms with E-state index >= 15 is 0 Å². The molecule has 1 heterocycles. The van der Waals surface area contributed by atoms with E-state index in [1.54, 1.807) is 0 Å². The van der Waals surface area contributed by atoms with Crippen molar-refractivity contribution in [1.29, 1.82) is 0 Å². The number of hydrogen-bond acceptors (Lipinski definition) is 1. The number of fused-ring (bicyclic) bond motifs is 1. The van der Waals surface area contributed by atoms with Crippen LogP contribution in [0, 0.1) is 17.7 Å². The Labute approximate surface area is 178 Å². The van der Waals surface area contributed by atoms with Gasteiger partial charge in [0.2, 0.25) is 5.91 Å². The molecule has 1 N–H and O–H groups in total. The average Bonchev–Trinajstić information content (AvgIpc) is 3.09. The summed E-state index contributed by atoms with van der Waals surface area (Å²) in [6, 6.07) is 15.2. The molecule has 1 fully saturated rings. The first-order chi connectivity index (χ1) is 14.5. The third-order valence-corrected chi connectivity index (χ3v) is 6.81.